The smallest absolute Gasteiger partial charge is 0.237 e. The molecule has 0 saturated carbocycles. The predicted octanol–water partition coefficient (Wildman–Crippen LogP) is 6.06. The Morgan fingerprint density at radius 2 is 1.71 bits per heavy atom. The standard InChI is InChI=1S/C24H20ClN3O3/c1-15(28-16(2)29)17-3-4-19-12-20(6-5-18(19)11-17)30-23-8-7-21(13-22(23)25)31-24-14-26-9-10-27-24/h3-15H,1-2H3,(H,28,29). The van der Waals surface area contributed by atoms with Gasteiger partial charge in [0.25, 0.3) is 0 Å². The Bertz CT molecular complexity index is 1230. The highest BCUT2D eigenvalue weighted by molar-refractivity contribution is 6.32. The van der Waals surface area contributed by atoms with Gasteiger partial charge in [0.15, 0.2) is 0 Å². The molecule has 0 bridgehead atoms. The van der Waals surface area contributed by atoms with E-state index in [1.807, 2.05) is 37.3 Å². The lowest BCUT2D eigenvalue weighted by molar-refractivity contribution is -0.119. The fourth-order valence-corrected chi connectivity index (χ4v) is 3.39. The Kier molecular flexibility index (Phi) is 6.00. The Morgan fingerprint density at radius 1 is 0.968 bits per heavy atom. The molecule has 1 N–H and O–H groups in total. The number of carbonyl (C=O) groups excluding carboxylic acids is 1. The number of carbonyl (C=O) groups is 1. The van der Waals surface area contributed by atoms with Gasteiger partial charge in [-0.3, -0.25) is 9.78 Å². The summed E-state index contributed by atoms with van der Waals surface area (Å²) in [5.41, 5.74) is 1.04. The number of nitrogens with zero attached hydrogens (tertiary/aromatic N) is 2. The molecule has 0 spiro atoms. The molecular weight excluding hydrogens is 414 g/mol. The van der Waals surface area contributed by atoms with Crippen molar-refractivity contribution in [2.24, 2.45) is 0 Å². The summed E-state index contributed by atoms with van der Waals surface area (Å²) in [4.78, 5) is 19.3. The highest BCUT2D eigenvalue weighted by Gasteiger charge is 2.10. The van der Waals surface area contributed by atoms with E-state index in [1.165, 1.54) is 13.1 Å². The van der Waals surface area contributed by atoms with Crippen LogP contribution in [0, 0.1) is 0 Å². The van der Waals surface area contributed by atoms with Crippen molar-refractivity contribution >= 4 is 28.3 Å². The maximum Gasteiger partial charge on any atom is 0.237 e. The maximum absolute atomic E-state index is 11.3. The highest BCUT2D eigenvalue weighted by Crippen LogP contribution is 2.35. The first-order valence-electron chi connectivity index (χ1n) is 9.70. The molecule has 156 valence electrons. The summed E-state index contributed by atoms with van der Waals surface area (Å²) in [6.07, 6.45) is 4.65. The molecule has 0 aliphatic heterocycles. The molecule has 0 aliphatic carbocycles. The lowest BCUT2D eigenvalue weighted by atomic mass is 10.0. The van der Waals surface area contributed by atoms with Gasteiger partial charge in [-0.25, -0.2) is 4.98 Å². The van der Waals surface area contributed by atoms with Crippen LogP contribution in [0.4, 0.5) is 0 Å². The summed E-state index contributed by atoms with van der Waals surface area (Å²) in [5, 5.41) is 5.39. The normalized spacial score (nSPS) is 11.7. The Morgan fingerprint density at radius 3 is 2.45 bits per heavy atom. The number of amides is 1. The van der Waals surface area contributed by atoms with Gasteiger partial charge >= 0.3 is 0 Å². The Balaban J connectivity index is 1.51. The number of halogens is 1. The molecule has 1 heterocycles. The SMILES string of the molecule is CC(=O)NC(C)c1ccc2cc(Oc3ccc(Oc4cnccn4)cc3Cl)ccc2c1. The fraction of sp³-hybridized carbons (Fsp3) is 0.125. The van der Waals surface area contributed by atoms with E-state index >= 15 is 0 Å². The Labute approximate surface area is 184 Å². The minimum absolute atomic E-state index is 0.0543. The minimum atomic E-state index is -0.0563. The van der Waals surface area contributed by atoms with E-state index in [0.717, 1.165) is 16.3 Å². The molecule has 0 aliphatic rings. The van der Waals surface area contributed by atoms with E-state index in [4.69, 9.17) is 21.1 Å². The molecule has 0 radical (unpaired) electrons. The lowest BCUT2D eigenvalue weighted by Gasteiger charge is -2.14. The second kappa shape index (κ2) is 9.02. The monoisotopic (exact) mass is 433 g/mol. The van der Waals surface area contributed by atoms with E-state index in [-0.39, 0.29) is 11.9 Å². The largest absolute Gasteiger partial charge is 0.456 e. The number of rotatable bonds is 6. The third-order valence-electron chi connectivity index (χ3n) is 4.65. The molecule has 1 atom stereocenters. The van der Waals surface area contributed by atoms with Crippen LogP contribution in [-0.4, -0.2) is 15.9 Å². The van der Waals surface area contributed by atoms with Crippen LogP contribution in [0.25, 0.3) is 10.8 Å². The number of aromatic nitrogens is 2. The van der Waals surface area contributed by atoms with Crippen LogP contribution in [0.2, 0.25) is 5.02 Å². The van der Waals surface area contributed by atoms with Gasteiger partial charge in [-0.2, -0.15) is 0 Å². The van der Waals surface area contributed by atoms with Gasteiger partial charge in [-0.1, -0.05) is 29.8 Å². The molecule has 0 saturated heterocycles. The van der Waals surface area contributed by atoms with Crippen molar-refractivity contribution in [2.75, 3.05) is 0 Å². The second-order valence-electron chi connectivity index (χ2n) is 7.03. The number of fused-ring (bicyclic) bond motifs is 1. The highest BCUT2D eigenvalue weighted by atomic mass is 35.5. The van der Waals surface area contributed by atoms with Crippen molar-refractivity contribution in [3.63, 3.8) is 0 Å². The number of nitrogens with one attached hydrogen (secondary N) is 1. The number of hydrogen-bond donors (Lipinski definition) is 1. The minimum Gasteiger partial charge on any atom is -0.456 e. The van der Waals surface area contributed by atoms with Crippen LogP contribution in [0.15, 0.2) is 73.2 Å². The van der Waals surface area contributed by atoms with Crippen molar-refractivity contribution in [3.05, 3.63) is 83.8 Å². The zero-order chi connectivity index (χ0) is 21.8. The van der Waals surface area contributed by atoms with Gasteiger partial charge in [0, 0.05) is 25.4 Å². The van der Waals surface area contributed by atoms with Crippen LogP contribution in [0.3, 0.4) is 0 Å². The average Bonchev–Trinajstić information content (AvgIpc) is 2.75. The second-order valence-corrected chi connectivity index (χ2v) is 7.44. The van der Waals surface area contributed by atoms with E-state index in [1.54, 1.807) is 30.6 Å². The van der Waals surface area contributed by atoms with E-state index in [9.17, 15) is 4.79 Å². The van der Waals surface area contributed by atoms with Gasteiger partial charge in [-0.15, -0.1) is 0 Å². The number of hydrogen-bond acceptors (Lipinski definition) is 5. The molecule has 1 aromatic heterocycles. The summed E-state index contributed by atoms with van der Waals surface area (Å²) in [6, 6.07) is 17.0. The van der Waals surface area contributed by atoms with E-state index in [2.05, 4.69) is 21.4 Å². The molecule has 6 nitrogen and oxygen atoms in total. The summed E-state index contributed by atoms with van der Waals surface area (Å²) >= 11 is 6.39. The first-order valence-corrected chi connectivity index (χ1v) is 10.1. The van der Waals surface area contributed by atoms with E-state index < -0.39 is 0 Å². The zero-order valence-electron chi connectivity index (χ0n) is 17.0. The molecule has 4 rings (SSSR count). The quantitative estimate of drug-likeness (QED) is 0.399. The van der Waals surface area contributed by atoms with Gasteiger partial charge in [0.2, 0.25) is 11.8 Å². The average molecular weight is 434 g/mol. The number of benzene rings is 3. The van der Waals surface area contributed by atoms with Crippen LogP contribution < -0.4 is 14.8 Å². The summed E-state index contributed by atoms with van der Waals surface area (Å²) in [7, 11) is 0. The third-order valence-corrected chi connectivity index (χ3v) is 4.94. The van der Waals surface area contributed by atoms with Gasteiger partial charge < -0.3 is 14.8 Å². The molecular formula is C24H20ClN3O3. The van der Waals surface area contributed by atoms with Crippen molar-refractivity contribution < 1.29 is 14.3 Å². The van der Waals surface area contributed by atoms with Gasteiger partial charge in [0.1, 0.15) is 17.2 Å². The molecule has 0 fully saturated rings. The molecule has 7 heteroatoms. The first kappa shape index (κ1) is 20.6. The number of ether oxygens (including phenoxy) is 2. The summed E-state index contributed by atoms with van der Waals surface area (Å²) in [6.45, 7) is 3.47. The predicted molar refractivity (Wildman–Crippen MR) is 120 cm³/mol. The molecule has 1 unspecified atom stereocenters. The van der Waals surface area contributed by atoms with Crippen molar-refractivity contribution in [1.29, 1.82) is 0 Å². The van der Waals surface area contributed by atoms with Crippen molar-refractivity contribution in [2.45, 2.75) is 19.9 Å². The molecule has 1 amide bonds. The third kappa shape index (κ3) is 5.10. The van der Waals surface area contributed by atoms with Crippen molar-refractivity contribution in [3.8, 4) is 23.1 Å². The van der Waals surface area contributed by atoms with Crippen LogP contribution in [-0.2, 0) is 4.79 Å². The molecule has 4 aromatic rings. The van der Waals surface area contributed by atoms with Crippen LogP contribution in [0.5, 0.6) is 23.1 Å². The molecule has 31 heavy (non-hydrogen) atoms. The fourth-order valence-electron chi connectivity index (χ4n) is 3.18. The van der Waals surface area contributed by atoms with Gasteiger partial charge in [0.05, 0.1) is 17.3 Å². The van der Waals surface area contributed by atoms with Crippen molar-refractivity contribution in [1.82, 2.24) is 15.3 Å². The van der Waals surface area contributed by atoms with E-state index in [0.29, 0.717) is 28.2 Å². The maximum atomic E-state index is 11.3. The topological polar surface area (TPSA) is 73.3 Å². The lowest BCUT2D eigenvalue weighted by Crippen LogP contribution is -2.23. The van der Waals surface area contributed by atoms with Crippen LogP contribution in [0.1, 0.15) is 25.5 Å². The zero-order valence-corrected chi connectivity index (χ0v) is 17.8. The van der Waals surface area contributed by atoms with Crippen LogP contribution >= 0.6 is 11.6 Å². The summed E-state index contributed by atoms with van der Waals surface area (Å²) < 4.78 is 11.6. The Hall–Kier alpha value is -3.64. The van der Waals surface area contributed by atoms with Gasteiger partial charge in [-0.05, 0) is 53.6 Å². The first-order chi connectivity index (χ1) is 15.0. The summed E-state index contributed by atoms with van der Waals surface area (Å²) in [5.74, 6) is 2.05. The molecule has 3 aromatic carbocycles.